The molecule has 0 unspecified atom stereocenters. The number of hydrogen-bond donors (Lipinski definition) is 0. The summed E-state index contributed by atoms with van der Waals surface area (Å²) in [6.45, 7) is 7.90. The highest BCUT2D eigenvalue weighted by Gasteiger charge is 2.42. The predicted molar refractivity (Wildman–Crippen MR) is 110 cm³/mol. The van der Waals surface area contributed by atoms with Crippen molar-refractivity contribution >= 4 is 23.2 Å². The molecule has 10 heteroatoms. The summed E-state index contributed by atoms with van der Waals surface area (Å²) in [5.41, 5.74) is 5.62. The van der Waals surface area contributed by atoms with E-state index in [1.54, 1.807) is 0 Å². The molecule has 0 aliphatic carbocycles. The van der Waals surface area contributed by atoms with E-state index >= 15 is 0 Å². The summed E-state index contributed by atoms with van der Waals surface area (Å²) in [6.07, 6.45) is 0. The van der Waals surface area contributed by atoms with Crippen molar-refractivity contribution in [2.45, 2.75) is 32.0 Å². The van der Waals surface area contributed by atoms with Crippen molar-refractivity contribution in [2.75, 3.05) is 0 Å². The van der Waals surface area contributed by atoms with Crippen LogP contribution in [0.25, 0.3) is 11.4 Å². The first-order chi connectivity index (χ1) is 13.8. The molecule has 0 atom stereocenters. The first-order valence-corrected chi connectivity index (χ1v) is 9.65. The van der Waals surface area contributed by atoms with Crippen LogP contribution in [0.5, 0.6) is 0 Å². The molecule has 0 saturated heterocycles. The minimum atomic E-state index is -1.70. The van der Waals surface area contributed by atoms with E-state index in [-0.39, 0.29) is 11.6 Å². The number of alkyl halides is 2. The third-order valence-corrected chi connectivity index (χ3v) is 5.36. The lowest BCUT2D eigenvalue weighted by Crippen LogP contribution is -2.24. The SMILES string of the molecule is Cc1ccc(C)c(-n2nnnc2C(Cl)(Cl)c2nnnn2-c2cc(C)ccc2C)c1. The lowest BCUT2D eigenvalue weighted by atomic mass is 10.1. The van der Waals surface area contributed by atoms with Crippen molar-refractivity contribution in [2.24, 2.45) is 0 Å². The number of rotatable bonds is 4. The second-order valence-electron chi connectivity index (χ2n) is 6.98. The lowest BCUT2D eigenvalue weighted by Gasteiger charge is -2.19. The van der Waals surface area contributed by atoms with Crippen LogP contribution >= 0.6 is 23.2 Å². The molecular formula is C19H18Cl2N8. The van der Waals surface area contributed by atoms with Crippen LogP contribution in [0.15, 0.2) is 36.4 Å². The average Bonchev–Trinajstić information content (AvgIpc) is 3.35. The predicted octanol–water partition coefficient (Wildman–Crippen LogP) is 3.55. The highest BCUT2D eigenvalue weighted by molar-refractivity contribution is 6.49. The van der Waals surface area contributed by atoms with E-state index < -0.39 is 4.33 Å². The summed E-state index contributed by atoms with van der Waals surface area (Å²) >= 11 is 13.6. The molecule has 148 valence electrons. The first-order valence-electron chi connectivity index (χ1n) is 8.90. The highest BCUT2D eigenvalue weighted by atomic mass is 35.5. The fourth-order valence-corrected chi connectivity index (χ4v) is 3.56. The fourth-order valence-electron chi connectivity index (χ4n) is 3.09. The van der Waals surface area contributed by atoms with Gasteiger partial charge < -0.3 is 0 Å². The summed E-state index contributed by atoms with van der Waals surface area (Å²) in [6, 6.07) is 11.9. The third kappa shape index (κ3) is 3.38. The van der Waals surface area contributed by atoms with Crippen molar-refractivity contribution in [1.29, 1.82) is 0 Å². The summed E-state index contributed by atoms with van der Waals surface area (Å²) in [4.78, 5) is 0. The number of benzene rings is 2. The van der Waals surface area contributed by atoms with Gasteiger partial charge in [0.25, 0.3) is 0 Å². The number of tetrazole rings is 2. The van der Waals surface area contributed by atoms with Crippen LogP contribution in [0, 0.1) is 27.7 Å². The summed E-state index contributed by atoms with van der Waals surface area (Å²) < 4.78 is 1.34. The van der Waals surface area contributed by atoms with Gasteiger partial charge in [-0.05, 0) is 82.9 Å². The molecule has 0 fully saturated rings. The van der Waals surface area contributed by atoms with Gasteiger partial charge in [-0.3, -0.25) is 0 Å². The van der Waals surface area contributed by atoms with Gasteiger partial charge in [0.05, 0.1) is 11.4 Å². The van der Waals surface area contributed by atoms with E-state index in [0.29, 0.717) is 0 Å². The molecule has 4 aromatic rings. The molecule has 4 rings (SSSR count). The first kappa shape index (κ1) is 19.5. The largest absolute Gasteiger partial charge is 0.240 e. The van der Waals surface area contributed by atoms with Gasteiger partial charge in [0.2, 0.25) is 16.0 Å². The van der Waals surface area contributed by atoms with E-state index in [9.17, 15) is 0 Å². The number of halogens is 2. The smallest absolute Gasteiger partial charge is 0.193 e. The number of hydrogen-bond acceptors (Lipinski definition) is 6. The Hall–Kier alpha value is -2.84. The Kier molecular flexibility index (Phi) is 4.84. The van der Waals surface area contributed by atoms with Crippen molar-refractivity contribution in [3.8, 4) is 11.4 Å². The summed E-state index contributed by atoms with van der Waals surface area (Å²) in [7, 11) is 0. The minimum Gasteiger partial charge on any atom is -0.193 e. The monoisotopic (exact) mass is 428 g/mol. The summed E-state index contributed by atoms with van der Waals surface area (Å²) in [5, 5.41) is 24.0. The van der Waals surface area contributed by atoms with E-state index in [2.05, 4.69) is 31.1 Å². The second-order valence-corrected chi connectivity index (χ2v) is 8.31. The molecule has 0 radical (unpaired) electrons. The van der Waals surface area contributed by atoms with E-state index in [0.717, 1.165) is 33.6 Å². The maximum Gasteiger partial charge on any atom is 0.240 e. The van der Waals surface area contributed by atoms with Gasteiger partial charge in [0, 0.05) is 0 Å². The van der Waals surface area contributed by atoms with Crippen molar-refractivity contribution < 1.29 is 0 Å². The van der Waals surface area contributed by atoms with Gasteiger partial charge in [0.15, 0.2) is 0 Å². The Morgan fingerprint density at radius 1 is 0.690 bits per heavy atom. The minimum absolute atomic E-state index is 0.205. The highest BCUT2D eigenvalue weighted by Crippen LogP contribution is 2.40. The molecule has 29 heavy (non-hydrogen) atoms. The van der Waals surface area contributed by atoms with Gasteiger partial charge in [0.1, 0.15) is 0 Å². The molecule has 0 spiro atoms. The quantitative estimate of drug-likeness (QED) is 0.461. The average molecular weight is 429 g/mol. The van der Waals surface area contributed by atoms with Crippen LogP contribution in [0.2, 0.25) is 0 Å². The Labute approximate surface area is 177 Å². The van der Waals surface area contributed by atoms with E-state index in [4.69, 9.17) is 23.2 Å². The molecule has 0 bridgehead atoms. The molecule has 0 amide bonds. The number of aromatic nitrogens is 8. The van der Waals surface area contributed by atoms with Gasteiger partial charge in [-0.15, -0.1) is 10.2 Å². The summed E-state index contributed by atoms with van der Waals surface area (Å²) in [5.74, 6) is 0.409. The maximum absolute atomic E-state index is 6.80. The van der Waals surface area contributed by atoms with Crippen LogP contribution in [0.1, 0.15) is 33.9 Å². The van der Waals surface area contributed by atoms with Crippen molar-refractivity contribution in [1.82, 2.24) is 40.4 Å². The van der Waals surface area contributed by atoms with E-state index in [1.165, 1.54) is 9.36 Å². The Bertz CT molecular complexity index is 1100. The van der Waals surface area contributed by atoms with Gasteiger partial charge >= 0.3 is 0 Å². The van der Waals surface area contributed by atoms with Gasteiger partial charge in [-0.2, -0.15) is 9.36 Å². The zero-order chi connectivity index (χ0) is 20.8. The van der Waals surface area contributed by atoms with Crippen LogP contribution in [0.3, 0.4) is 0 Å². The Morgan fingerprint density at radius 2 is 1.10 bits per heavy atom. The Balaban J connectivity index is 1.87. The third-order valence-electron chi connectivity index (χ3n) is 4.69. The van der Waals surface area contributed by atoms with Crippen molar-refractivity contribution in [3.63, 3.8) is 0 Å². The standard InChI is InChI=1S/C19H18Cl2N8/c1-11-5-7-13(3)15(9-11)28-17(22-24-26-28)19(20,21)18-23-25-27-29(18)16-10-12(2)6-8-14(16)4/h5-10H,1-4H3. The van der Waals surface area contributed by atoms with Gasteiger partial charge in [-0.1, -0.05) is 47.5 Å². The van der Waals surface area contributed by atoms with Gasteiger partial charge in [-0.25, -0.2) is 0 Å². The van der Waals surface area contributed by atoms with Crippen molar-refractivity contribution in [3.05, 3.63) is 70.3 Å². The topological polar surface area (TPSA) is 87.2 Å². The molecule has 0 aliphatic rings. The number of nitrogens with zero attached hydrogens (tertiary/aromatic N) is 8. The molecule has 2 aromatic heterocycles. The van der Waals surface area contributed by atoms with E-state index in [1.807, 2.05) is 64.1 Å². The molecule has 2 aromatic carbocycles. The molecule has 8 nitrogen and oxygen atoms in total. The Morgan fingerprint density at radius 3 is 1.52 bits per heavy atom. The van der Waals surface area contributed by atoms with Crippen LogP contribution < -0.4 is 0 Å². The number of aryl methyl sites for hydroxylation is 4. The second kappa shape index (κ2) is 7.20. The molecular weight excluding hydrogens is 411 g/mol. The van der Waals surface area contributed by atoms with Crippen LogP contribution in [-0.2, 0) is 4.33 Å². The normalized spacial score (nSPS) is 11.8. The lowest BCUT2D eigenvalue weighted by molar-refractivity contribution is 0.700. The van der Waals surface area contributed by atoms with Crippen LogP contribution in [-0.4, -0.2) is 40.4 Å². The maximum atomic E-state index is 6.80. The zero-order valence-corrected chi connectivity index (χ0v) is 17.8. The molecule has 2 heterocycles. The molecule has 0 N–H and O–H groups in total. The van der Waals surface area contributed by atoms with Crippen LogP contribution in [0.4, 0.5) is 0 Å². The zero-order valence-electron chi connectivity index (χ0n) is 16.3. The fraction of sp³-hybridized carbons (Fsp3) is 0.263. The molecule has 0 aliphatic heterocycles. The molecule has 0 saturated carbocycles.